The van der Waals surface area contributed by atoms with Crippen LogP contribution in [0.1, 0.15) is 20.3 Å². The summed E-state index contributed by atoms with van der Waals surface area (Å²) in [6.07, 6.45) is 0.347. The van der Waals surface area contributed by atoms with Crippen LogP contribution in [-0.2, 0) is 4.79 Å². The Balaban J connectivity index is 2.35. The predicted octanol–water partition coefficient (Wildman–Crippen LogP) is 2.65. The highest BCUT2D eigenvalue weighted by molar-refractivity contribution is 7.81. The zero-order valence-corrected chi connectivity index (χ0v) is 11.3. The molecule has 3 nitrogen and oxygen atoms in total. The van der Waals surface area contributed by atoms with Crippen LogP contribution in [0.2, 0.25) is 0 Å². The van der Waals surface area contributed by atoms with Crippen LogP contribution in [0.4, 0.5) is 10.1 Å². The first kappa shape index (κ1) is 13.2. The fraction of sp³-hybridized carbons (Fsp3) is 0.462. The second-order valence-electron chi connectivity index (χ2n) is 4.64. The fourth-order valence-electron chi connectivity index (χ4n) is 1.98. The van der Waals surface area contributed by atoms with E-state index < -0.39 is 0 Å². The van der Waals surface area contributed by atoms with E-state index in [4.69, 9.17) is 4.74 Å². The molecule has 1 fully saturated rings. The molecule has 5 heteroatoms. The lowest BCUT2D eigenvalue weighted by Gasteiger charge is -2.21. The van der Waals surface area contributed by atoms with Gasteiger partial charge < -0.3 is 9.64 Å². The average Bonchev–Trinajstić information content (AvgIpc) is 2.60. The number of hydrogen-bond donors (Lipinski definition) is 1. The van der Waals surface area contributed by atoms with E-state index in [1.807, 2.05) is 13.8 Å². The van der Waals surface area contributed by atoms with Gasteiger partial charge in [0.15, 0.2) is 0 Å². The lowest BCUT2D eigenvalue weighted by Crippen LogP contribution is -2.25. The number of rotatable bonds is 3. The van der Waals surface area contributed by atoms with Crippen LogP contribution in [0.25, 0.3) is 0 Å². The monoisotopic (exact) mass is 269 g/mol. The number of thiol groups is 1. The third-order valence-electron chi connectivity index (χ3n) is 2.68. The summed E-state index contributed by atoms with van der Waals surface area (Å²) in [5.74, 6) is 0.105. The van der Waals surface area contributed by atoms with Crippen molar-refractivity contribution < 1.29 is 13.9 Å². The van der Waals surface area contributed by atoms with Gasteiger partial charge in [0.05, 0.1) is 11.8 Å². The topological polar surface area (TPSA) is 29.5 Å². The van der Waals surface area contributed by atoms with Crippen molar-refractivity contribution in [3.8, 4) is 5.75 Å². The molecule has 1 amide bonds. The summed E-state index contributed by atoms with van der Waals surface area (Å²) in [5, 5.41) is -0.00679. The lowest BCUT2D eigenvalue weighted by atomic mass is 10.2. The van der Waals surface area contributed by atoms with Gasteiger partial charge >= 0.3 is 0 Å². The van der Waals surface area contributed by atoms with Crippen molar-refractivity contribution in [2.45, 2.75) is 31.6 Å². The molecule has 2 rings (SSSR count). The molecule has 1 aromatic carbocycles. The molecule has 0 saturated carbocycles. The number of carbonyl (C=O) groups is 1. The molecule has 1 aliphatic heterocycles. The number of benzene rings is 1. The Kier molecular flexibility index (Phi) is 3.80. The van der Waals surface area contributed by atoms with Gasteiger partial charge in [0.2, 0.25) is 5.91 Å². The largest absolute Gasteiger partial charge is 0.489 e. The first-order valence-corrected chi connectivity index (χ1v) is 6.43. The van der Waals surface area contributed by atoms with Gasteiger partial charge in [0.25, 0.3) is 0 Å². The summed E-state index contributed by atoms with van der Waals surface area (Å²) < 4.78 is 19.0. The second kappa shape index (κ2) is 5.18. The van der Waals surface area contributed by atoms with Gasteiger partial charge in [-0.15, -0.1) is 0 Å². The van der Waals surface area contributed by atoms with E-state index in [-0.39, 0.29) is 23.1 Å². The molecule has 0 spiro atoms. The van der Waals surface area contributed by atoms with E-state index in [9.17, 15) is 9.18 Å². The standard InChI is InChI=1S/C13H16FNO2S/c1-8(2)17-12-4-3-9(14)5-11(12)15-7-10(18)6-13(15)16/h3-5,8,10,18H,6-7H2,1-2H3. The Morgan fingerprint density at radius 3 is 2.78 bits per heavy atom. The smallest absolute Gasteiger partial charge is 0.228 e. The van der Waals surface area contributed by atoms with Crippen LogP contribution in [0.3, 0.4) is 0 Å². The van der Waals surface area contributed by atoms with Crippen molar-refractivity contribution in [2.75, 3.05) is 11.4 Å². The first-order chi connectivity index (χ1) is 8.47. The third kappa shape index (κ3) is 2.77. The first-order valence-electron chi connectivity index (χ1n) is 5.92. The maximum Gasteiger partial charge on any atom is 0.228 e. The van der Waals surface area contributed by atoms with Gasteiger partial charge in [-0.1, -0.05) is 0 Å². The van der Waals surface area contributed by atoms with Gasteiger partial charge in [-0.2, -0.15) is 12.6 Å². The van der Waals surface area contributed by atoms with Gasteiger partial charge in [0.1, 0.15) is 11.6 Å². The van der Waals surface area contributed by atoms with Crippen molar-refractivity contribution in [1.82, 2.24) is 0 Å². The molecule has 0 N–H and O–H groups in total. The maximum atomic E-state index is 13.3. The Hall–Kier alpha value is -1.23. The highest BCUT2D eigenvalue weighted by atomic mass is 32.1. The number of nitrogens with zero attached hydrogens (tertiary/aromatic N) is 1. The van der Waals surface area contributed by atoms with Crippen molar-refractivity contribution >= 4 is 24.2 Å². The number of ether oxygens (including phenoxy) is 1. The van der Waals surface area contributed by atoms with Crippen molar-refractivity contribution in [1.29, 1.82) is 0 Å². The molecule has 1 saturated heterocycles. The summed E-state index contributed by atoms with van der Waals surface area (Å²) in [6.45, 7) is 4.26. The minimum absolute atomic E-state index is 0.00679. The normalized spacial score (nSPS) is 19.7. The number of carbonyl (C=O) groups excluding carboxylic acids is 1. The summed E-state index contributed by atoms with van der Waals surface area (Å²) in [4.78, 5) is 13.4. The van der Waals surface area contributed by atoms with E-state index in [0.717, 1.165) is 0 Å². The molecule has 0 aromatic heterocycles. The van der Waals surface area contributed by atoms with Crippen molar-refractivity contribution in [3.63, 3.8) is 0 Å². The van der Waals surface area contributed by atoms with E-state index in [1.54, 1.807) is 11.0 Å². The molecule has 0 bridgehead atoms. The van der Waals surface area contributed by atoms with Gasteiger partial charge in [-0.3, -0.25) is 4.79 Å². The Morgan fingerprint density at radius 2 is 2.22 bits per heavy atom. The maximum absolute atomic E-state index is 13.3. The van der Waals surface area contributed by atoms with Crippen LogP contribution < -0.4 is 9.64 Å². The second-order valence-corrected chi connectivity index (χ2v) is 5.37. The summed E-state index contributed by atoms with van der Waals surface area (Å²) in [6, 6.07) is 4.23. The number of anilines is 1. The van der Waals surface area contributed by atoms with Crippen LogP contribution >= 0.6 is 12.6 Å². The Morgan fingerprint density at radius 1 is 1.50 bits per heavy atom. The highest BCUT2D eigenvalue weighted by Crippen LogP contribution is 2.33. The minimum Gasteiger partial charge on any atom is -0.489 e. The molecule has 1 atom stereocenters. The molecule has 1 aliphatic rings. The molecule has 18 heavy (non-hydrogen) atoms. The average molecular weight is 269 g/mol. The van der Waals surface area contributed by atoms with E-state index in [2.05, 4.69) is 12.6 Å². The zero-order valence-electron chi connectivity index (χ0n) is 10.4. The molecule has 0 aliphatic carbocycles. The molecular weight excluding hydrogens is 253 g/mol. The number of hydrogen-bond acceptors (Lipinski definition) is 3. The van der Waals surface area contributed by atoms with Crippen molar-refractivity contribution in [3.05, 3.63) is 24.0 Å². The van der Waals surface area contributed by atoms with Crippen molar-refractivity contribution in [2.24, 2.45) is 0 Å². The number of halogens is 1. The third-order valence-corrected chi connectivity index (χ3v) is 3.02. The van der Waals surface area contributed by atoms with E-state index in [1.165, 1.54) is 12.1 Å². The highest BCUT2D eigenvalue weighted by Gasteiger charge is 2.30. The molecule has 0 radical (unpaired) electrons. The van der Waals surface area contributed by atoms with Gasteiger partial charge in [0, 0.05) is 24.3 Å². The van der Waals surface area contributed by atoms with Crippen LogP contribution in [0.5, 0.6) is 5.75 Å². The Labute approximate surface area is 111 Å². The van der Waals surface area contributed by atoms with E-state index in [0.29, 0.717) is 24.4 Å². The fourth-order valence-corrected chi connectivity index (χ4v) is 2.30. The van der Waals surface area contributed by atoms with Crippen LogP contribution in [0, 0.1) is 5.82 Å². The quantitative estimate of drug-likeness (QED) is 0.855. The molecule has 1 heterocycles. The summed E-state index contributed by atoms with van der Waals surface area (Å²) >= 11 is 4.29. The number of amides is 1. The molecule has 98 valence electrons. The van der Waals surface area contributed by atoms with E-state index >= 15 is 0 Å². The molecule has 1 aromatic rings. The lowest BCUT2D eigenvalue weighted by molar-refractivity contribution is -0.117. The van der Waals surface area contributed by atoms with Gasteiger partial charge in [-0.25, -0.2) is 4.39 Å². The SMILES string of the molecule is CC(C)Oc1ccc(F)cc1N1CC(S)CC1=O. The van der Waals surface area contributed by atoms with Crippen LogP contribution in [-0.4, -0.2) is 23.8 Å². The van der Waals surface area contributed by atoms with Crippen LogP contribution in [0.15, 0.2) is 18.2 Å². The van der Waals surface area contributed by atoms with Gasteiger partial charge in [-0.05, 0) is 26.0 Å². The summed E-state index contributed by atoms with van der Waals surface area (Å²) in [5.41, 5.74) is 0.491. The molecule has 1 unspecified atom stereocenters. The zero-order chi connectivity index (χ0) is 13.3. The summed E-state index contributed by atoms with van der Waals surface area (Å²) in [7, 11) is 0. The molecular formula is C13H16FNO2S. The Bertz CT molecular complexity index is 464. The minimum atomic E-state index is -0.378. The predicted molar refractivity (Wildman–Crippen MR) is 71.9 cm³/mol.